The molecule has 0 saturated heterocycles. The second-order valence-electron chi connectivity index (χ2n) is 5.15. The van der Waals surface area contributed by atoms with Gasteiger partial charge in [-0.15, -0.1) is 0 Å². The molecule has 1 N–H and O–H groups in total. The zero-order valence-corrected chi connectivity index (χ0v) is 10.3. The minimum atomic E-state index is -4.58. The van der Waals surface area contributed by atoms with Gasteiger partial charge in [0, 0.05) is 12.6 Å². The summed E-state index contributed by atoms with van der Waals surface area (Å²) < 4.78 is 37.5. The van der Waals surface area contributed by atoms with Crippen LogP contribution in [0.5, 0.6) is 0 Å². The Morgan fingerprint density at radius 2 is 2.05 bits per heavy atom. The summed E-state index contributed by atoms with van der Waals surface area (Å²) in [5.74, 6) is 0. The molecule has 0 aliphatic heterocycles. The van der Waals surface area contributed by atoms with Gasteiger partial charge < -0.3 is 5.32 Å². The number of nitrogens with zero attached hydrogens (tertiary/aromatic N) is 1. The number of hydrogen-bond donors (Lipinski definition) is 1. The second-order valence-corrected chi connectivity index (χ2v) is 5.15. The van der Waals surface area contributed by atoms with Gasteiger partial charge in [0.25, 0.3) is 5.69 Å². The molecule has 1 aliphatic carbocycles. The van der Waals surface area contributed by atoms with Crippen molar-refractivity contribution >= 4 is 11.4 Å². The Kier molecular flexibility index (Phi) is 3.15. The van der Waals surface area contributed by atoms with Crippen molar-refractivity contribution in [1.29, 1.82) is 0 Å². The van der Waals surface area contributed by atoms with Gasteiger partial charge in [-0.3, -0.25) is 10.1 Å². The lowest BCUT2D eigenvalue weighted by Crippen LogP contribution is -2.13. The van der Waals surface area contributed by atoms with Gasteiger partial charge in [-0.1, -0.05) is 6.92 Å². The molecular weight excluding hydrogens is 261 g/mol. The fourth-order valence-corrected chi connectivity index (χ4v) is 1.71. The third-order valence-electron chi connectivity index (χ3n) is 3.33. The van der Waals surface area contributed by atoms with Gasteiger partial charge in [-0.05, 0) is 30.4 Å². The maximum atomic E-state index is 12.5. The van der Waals surface area contributed by atoms with E-state index in [2.05, 4.69) is 5.32 Å². The van der Waals surface area contributed by atoms with Crippen LogP contribution in [0, 0.1) is 15.5 Å². The van der Waals surface area contributed by atoms with Crippen LogP contribution in [-0.4, -0.2) is 11.5 Å². The van der Waals surface area contributed by atoms with E-state index in [4.69, 9.17) is 0 Å². The quantitative estimate of drug-likeness (QED) is 0.670. The number of alkyl halides is 3. The normalized spacial score (nSPS) is 17.1. The number of nitrogens with one attached hydrogen (secondary N) is 1. The van der Waals surface area contributed by atoms with Crippen molar-refractivity contribution in [2.24, 2.45) is 5.41 Å². The van der Waals surface area contributed by atoms with Crippen LogP contribution in [0.2, 0.25) is 0 Å². The Labute approximate surface area is 107 Å². The highest BCUT2D eigenvalue weighted by molar-refractivity contribution is 5.63. The topological polar surface area (TPSA) is 55.2 Å². The minimum Gasteiger partial charge on any atom is -0.379 e. The van der Waals surface area contributed by atoms with Crippen LogP contribution in [0.25, 0.3) is 0 Å². The second kappa shape index (κ2) is 4.40. The summed E-state index contributed by atoms with van der Waals surface area (Å²) >= 11 is 0. The first-order chi connectivity index (χ1) is 8.71. The summed E-state index contributed by atoms with van der Waals surface area (Å²) in [5, 5.41) is 13.7. The molecule has 2 rings (SSSR count). The molecule has 0 radical (unpaired) electrons. The highest BCUT2D eigenvalue weighted by atomic mass is 19.4. The molecule has 1 aromatic rings. The van der Waals surface area contributed by atoms with E-state index in [0.717, 1.165) is 25.0 Å². The Morgan fingerprint density at radius 1 is 1.42 bits per heavy atom. The molecule has 1 aromatic carbocycles. The predicted octanol–water partition coefficient (Wildman–Crippen LogP) is 3.83. The Hall–Kier alpha value is -1.79. The van der Waals surface area contributed by atoms with Crippen molar-refractivity contribution in [3.8, 4) is 0 Å². The molecule has 0 amide bonds. The number of anilines is 1. The third kappa shape index (κ3) is 3.15. The highest BCUT2D eigenvalue weighted by Gasteiger charge is 2.38. The number of nitro benzene ring substituents is 1. The summed E-state index contributed by atoms with van der Waals surface area (Å²) in [6.07, 6.45) is -2.53. The molecule has 0 heterocycles. The van der Waals surface area contributed by atoms with E-state index in [0.29, 0.717) is 12.6 Å². The van der Waals surface area contributed by atoms with Gasteiger partial charge in [0.05, 0.1) is 10.5 Å². The van der Waals surface area contributed by atoms with Crippen LogP contribution in [-0.2, 0) is 6.18 Å². The molecule has 19 heavy (non-hydrogen) atoms. The maximum Gasteiger partial charge on any atom is 0.416 e. The lowest BCUT2D eigenvalue weighted by molar-refractivity contribution is -0.384. The fraction of sp³-hybridized carbons (Fsp3) is 0.500. The largest absolute Gasteiger partial charge is 0.416 e. The molecule has 7 heteroatoms. The summed E-state index contributed by atoms with van der Waals surface area (Å²) in [4.78, 5) is 10.0. The van der Waals surface area contributed by atoms with Gasteiger partial charge in [0.15, 0.2) is 0 Å². The third-order valence-corrected chi connectivity index (χ3v) is 3.33. The highest BCUT2D eigenvalue weighted by Crippen LogP contribution is 2.45. The summed E-state index contributed by atoms with van der Waals surface area (Å²) in [7, 11) is 0. The molecule has 1 fully saturated rings. The van der Waals surface area contributed by atoms with Gasteiger partial charge in [0.2, 0.25) is 0 Å². The van der Waals surface area contributed by atoms with Crippen LogP contribution in [0.3, 0.4) is 0 Å². The first-order valence-corrected chi connectivity index (χ1v) is 5.81. The van der Waals surface area contributed by atoms with E-state index in [9.17, 15) is 23.3 Å². The molecule has 1 aliphatic rings. The van der Waals surface area contributed by atoms with E-state index in [1.165, 1.54) is 0 Å². The Bertz CT molecular complexity index is 510. The maximum absolute atomic E-state index is 12.5. The Morgan fingerprint density at radius 3 is 2.53 bits per heavy atom. The van der Waals surface area contributed by atoms with Gasteiger partial charge in [0.1, 0.15) is 5.69 Å². The SMILES string of the molecule is CC1(CNc2ccc(C(F)(F)F)cc2[N+](=O)[O-])CC1. The molecule has 0 bridgehead atoms. The van der Waals surface area contributed by atoms with Crippen LogP contribution in [0.15, 0.2) is 18.2 Å². The van der Waals surface area contributed by atoms with Crippen molar-refractivity contribution in [2.75, 3.05) is 11.9 Å². The van der Waals surface area contributed by atoms with Crippen molar-refractivity contribution < 1.29 is 18.1 Å². The first kappa shape index (κ1) is 13.6. The average molecular weight is 274 g/mol. The Balaban J connectivity index is 2.25. The molecule has 0 atom stereocenters. The molecule has 0 unspecified atom stereocenters. The molecule has 104 valence electrons. The zero-order valence-electron chi connectivity index (χ0n) is 10.3. The average Bonchev–Trinajstić information content (AvgIpc) is 3.04. The van der Waals surface area contributed by atoms with Gasteiger partial charge in [-0.25, -0.2) is 0 Å². The van der Waals surface area contributed by atoms with Gasteiger partial charge >= 0.3 is 6.18 Å². The smallest absolute Gasteiger partial charge is 0.379 e. The fourth-order valence-electron chi connectivity index (χ4n) is 1.71. The van der Waals surface area contributed by atoms with E-state index >= 15 is 0 Å². The monoisotopic (exact) mass is 274 g/mol. The summed E-state index contributed by atoms with van der Waals surface area (Å²) in [6.45, 7) is 2.55. The van der Waals surface area contributed by atoms with Crippen LogP contribution in [0.1, 0.15) is 25.3 Å². The molecule has 4 nitrogen and oxygen atoms in total. The predicted molar refractivity (Wildman–Crippen MR) is 63.9 cm³/mol. The summed E-state index contributed by atoms with van der Waals surface area (Å²) in [6, 6.07) is 2.54. The molecule has 0 spiro atoms. The van der Waals surface area contributed by atoms with E-state index in [-0.39, 0.29) is 11.1 Å². The number of rotatable bonds is 4. The van der Waals surface area contributed by atoms with Crippen molar-refractivity contribution in [2.45, 2.75) is 25.9 Å². The molecule has 0 aromatic heterocycles. The number of benzene rings is 1. The van der Waals surface area contributed by atoms with Crippen LogP contribution >= 0.6 is 0 Å². The minimum absolute atomic E-state index is 0.108. The standard InChI is InChI=1S/C12H13F3N2O2/c1-11(4-5-11)7-16-9-3-2-8(12(13,14)15)6-10(9)17(18)19/h2-3,6,16H,4-5,7H2,1H3. The molecular formula is C12H13F3N2O2. The van der Waals surface area contributed by atoms with Crippen molar-refractivity contribution in [3.63, 3.8) is 0 Å². The van der Waals surface area contributed by atoms with Crippen LogP contribution < -0.4 is 5.32 Å². The van der Waals surface area contributed by atoms with Crippen LogP contribution in [0.4, 0.5) is 24.5 Å². The first-order valence-electron chi connectivity index (χ1n) is 5.81. The lowest BCUT2D eigenvalue weighted by Gasteiger charge is -2.13. The zero-order chi connectivity index (χ0) is 14.3. The number of halogens is 3. The molecule has 1 saturated carbocycles. The number of hydrogen-bond acceptors (Lipinski definition) is 3. The van der Waals surface area contributed by atoms with E-state index in [1.54, 1.807) is 0 Å². The van der Waals surface area contributed by atoms with E-state index in [1.807, 2.05) is 6.92 Å². The summed E-state index contributed by atoms with van der Waals surface area (Å²) in [5.41, 5.74) is -1.32. The van der Waals surface area contributed by atoms with Crippen molar-refractivity contribution in [3.05, 3.63) is 33.9 Å². The number of nitro groups is 1. The van der Waals surface area contributed by atoms with E-state index < -0.39 is 22.4 Å². The lowest BCUT2D eigenvalue weighted by atomic mass is 10.1. The van der Waals surface area contributed by atoms with Gasteiger partial charge in [-0.2, -0.15) is 13.2 Å². The van der Waals surface area contributed by atoms with Crippen molar-refractivity contribution in [1.82, 2.24) is 0 Å².